The Kier molecular flexibility index (Phi) is 4.68. The molecule has 2 N–H and O–H groups in total. The van der Waals surface area contributed by atoms with E-state index in [9.17, 15) is 9.50 Å². The van der Waals surface area contributed by atoms with Gasteiger partial charge in [-0.3, -0.25) is 0 Å². The minimum absolute atomic E-state index is 0.0636. The highest BCUT2D eigenvalue weighted by Gasteiger charge is 2.13. The zero-order chi connectivity index (χ0) is 15.4. The van der Waals surface area contributed by atoms with Gasteiger partial charge in [0, 0.05) is 11.6 Å². The predicted molar refractivity (Wildman–Crippen MR) is 82.3 cm³/mol. The quantitative estimate of drug-likeness (QED) is 0.852. The zero-order valence-corrected chi connectivity index (χ0v) is 12.4. The maximum absolute atomic E-state index is 13.9. The minimum Gasteiger partial charge on any atom is -0.508 e. The standard InChI is InChI=1S/C17H20FNO2/c1-11(2)21-17-7-5-4-6-16(17)19-12(3)14-9-8-13(20)10-15(14)18/h4-12,19-20H,1-3H3. The van der Waals surface area contributed by atoms with Gasteiger partial charge in [0.25, 0.3) is 0 Å². The molecule has 0 amide bonds. The number of halogens is 1. The Balaban J connectivity index is 2.21. The molecule has 2 aromatic rings. The molecule has 3 nitrogen and oxygen atoms in total. The molecule has 0 aliphatic rings. The Bertz CT molecular complexity index is 613. The average Bonchev–Trinajstić information content (AvgIpc) is 2.40. The lowest BCUT2D eigenvalue weighted by Crippen LogP contribution is -2.12. The van der Waals surface area contributed by atoms with Crippen LogP contribution in [0.4, 0.5) is 10.1 Å². The number of para-hydroxylation sites is 2. The lowest BCUT2D eigenvalue weighted by Gasteiger charge is -2.20. The second-order valence-electron chi connectivity index (χ2n) is 5.23. The number of hydrogen-bond acceptors (Lipinski definition) is 3. The lowest BCUT2D eigenvalue weighted by molar-refractivity contribution is 0.243. The van der Waals surface area contributed by atoms with Crippen LogP contribution in [0.5, 0.6) is 11.5 Å². The molecular formula is C17H20FNO2. The number of phenolic OH excluding ortho intramolecular Hbond substituents is 1. The maximum Gasteiger partial charge on any atom is 0.142 e. The molecule has 0 radical (unpaired) electrons. The van der Waals surface area contributed by atoms with Crippen molar-refractivity contribution in [2.45, 2.75) is 32.9 Å². The van der Waals surface area contributed by atoms with Crippen molar-refractivity contribution >= 4 is 5.69 Å². The molecule has 1 atom stereocenters. The first-order valence-electron chi connectivity index (χ1n) is 6.98. The molecule has 0 bridgehead atoms. The highest BCUT2D eigenvalue weighted by Crippen LogP contribution is 2.30. The summed E-state index contributed by atoms with van der Waals surface area (Å²) in [6.07, 6.45) is 0.0636. The van der Waals surface area contributed by atoms with Crippen LogP contribution in [0.3, 0.4) is 0 Å². The molecular weight excluding hydrogens is 269 g/mol. The Hall–Kier alpha value is -2.23. The second kappa shape index (κ2) is 6.48. The van der Waals surface area contributed by atoms with Crippen LogP contribution in [0.2, 0.25) is 0 Å². The largest absolute Gasteiger partial charge is 0.508 e. The fourth-order valence-corrected chi connectivity index (χ4v) is 2.12. The van der Waals surface area contributed by atoms with E-state index in [1.807, 2.05) is 45.0 Å². The number of anilines is 1. The molecule has 0 spiro atoms. The van der Waals surface area contributed by atoms with E-state index in [0.29, 0.717) is 5.56 Å². The topological polar surface area (TPSA) is 41.5 Å². The van der Waals surface area contributed by atoms with E-state index in [2.05, 4.69) is 5.32 Å². The first kappa shape index (κ1) is 15.2. The van der Waals surface area contributed by atoms with Crippen molar-refractivity contribution in [3.05, 3.63) is 53.8 Å². The van der Waals surface area contributed by atoms with Crippen LogP contribution < -0.4 is 10.1 Å². The number of phenols is 1. The summed E-state index contributed by atoms with van der Waals surface area (Å²) in [5.41, 5.74) is 1.30. The van der Waals surface area contributed by atoms with E-state index < -0.39 is 5.82 Å². The molecule has 0 fully saturated rings. The normalized spacial score (nSPS) is 12.2. The summed E-state index contributed by atoms with van der Waals surface area (Å²) in [6.45, 7) is 5.78. The van der Waals surface area contributed by atoms with Gasteiger partial charge in [-0.05, 0) is 39.0 Å². The number of nitrogens with one attached hydrogen (secondary N) is 1. The summed E-state index contributed by atoms with van der Waals surface area (Å²) >= 11 is 0. The SMILES string of the molecule is CC(C)Oc1ccccc1NC(C)c1ccc(O)cc1F. The van der Waals surface area contributed by atoms with Gasteiger partial charge in [0.2, 0.25) is 0 Å². The summed E-state index contributed by atoms with van der Waals surface area (Å²) in [4.78, 5) is 0. The predicted octanol–water partition coefficient (Wildman–Crippen LogP) is 4.49. The summed E-state index contributed by atoms with van der Waals surface area (Å²) in [5, 5.41) is 12.5. The van der Waals surface area contributed by atoms with E-state index in [4.69, 9.17) is 4.74 Å². The summed E-state index contributed by atoms with van der Waals surface area (Å²) < 4.78 is 19.6. The van der Waals surface area contributed by atoms with Crippen LogP contribution in [0.1, 0.15) is 32.4 Å². The van der Waals surface area contributed by atoms with Crippen molar-refractivity contribution in [2.24, 2.45) is 0 Å². The van der Waals surface area contributed by atoms with Gasteiger partial charge in [0.15, 0.2) is 0 Å². The van der Waals surface area contributed by atoms with Crippen LogP contribution >= 0.6 is 0 Å². The lowest BCUT2D eigenvalue weighted by atomic mass is 10.1. The van der Waals surface area contributed by atoms with Gasteiger partial charge in [0.05, 0.1) is 17.8 Å². The van der Waals surface area contributed by atoms with E-state index in [1.54, 1.807) is 6.07 Å². The van der Waals surface area contributed by atoms with Crippen molar-refractivity contribution in [3.8, 4) is 11.5 Å². The van der Waals surface area contributed by atoms with Crippen molar-refractivity contribution in [2.75, 3.05) is 5.32 Å². The Morgan fingerprint density at radius 2 is 1.81 bits per heavy atom. The maximum atomic E-state index is 13.9. The molecule has 0 aromatic heterocycles. The van der Waals surface area contributed by atoms with E-state index in [-0.39, 0.29) is 17.9 Å². The van der Waals surface area contributed by atoms with Crippen LogP contribution in [-0.2, 0) is 0 Å². The Morgan fingerprint density at radius 3 is 2.48 bits per heavy atom. The third-order valence-electron chi connectivity index (χ3n) is 3.07. The molecule has 0 saturated carbocycles. The number of ether oxygens (including phenoxy) is 1. The van der Waals surface area contributed by atoms with Crippen molar-refractivity contribution < 1.29 is 14.2 Å². The first-order valence-corrected chi connectivity index (χ1v) is 6.98. The van der Waals surface area contributed by atoms with Gasteiger partial charge in [-0.2, -0.15) is 0 Å². The molecule has 112 valence electrons. The van der Waals surface area contributed by atoms with Gasteiger partial charge in [-0.25, -0.2) is 4.39 Å². The number of rotatable bonds is 5. The average molecular weight is 289 g/mol. The molecule has 0 saturated heterocycles. The van der Waals surface area contributed by atoms with Gasteiger partial charge in [-0.15, -0.1) is 0 Å². The van der Waals surface area contributed by atoms with Crippen molar-refractivity contribution in [1.82, 2.24) is 0 Å². The second-order valence-corrected chi connectivity index (χ2v) is 5.23. The summed E-state index contributed by atoms with van der Waals surface area (Å²) in [6, 6.07) is 11.5. The minimum atomic E-state index is -0.433. The van der Waals surface area contributed by atoms with Crippen molar-refractivity contribution in [1.29, 1.82) is 0 Å². The van der Waals surface area contributed by atoms with Gasteiger partial charge >= 0.3 is 0 Å². The number of aromatic hydroxyl groups is 1. The van der Waals surface area contributed by atoms with Crippen LogP contribution in [-0.4, -0.2) is 11.2 Å². The monoisotopic (exact) mass is 289 g/mol. The Morgan fingerprint density at radius 1 is 1.10 bits per heavy atom. The number of benzene rings is 2. The molecule has 1 unspecified atom stereocenters. The summed E-state index contributed by atoms with van der Waals surface area (Å²) in [5.74, 6) is 0.225. The number of hydrogen-bond donors (Lipinski definition) is 2. The smallest absolute Gasteiger partial charge is 0.142 e. The van der Waals surface area contributed by atoms with Crippen LogP contribution in [0.25, 0.3) is 0 Å². The molecule has 2 rings (SSSR count). The van der Waals surface area contributed by atoms with Gasteiger partial charge in [0.1, 0.15) is 17.3 Å². The fourth-order valence-electron chi connectivity index (χ4n) is 2.12. The zero-order valence-electron chi connectivity index (χ0n) is 12.4. The van der Waals surface area contributed by atoms with Crippen LogP contribution in [0.15, 0.2) is 42.5 Å². The fraction of sp³-hybridized carbons (Fsp3) is 0.294. The summed E-state index contributed by atoms with van der Waals surface area (Å²) in [7, 11) is 0. The third kappa shape index (κ3) is 3.88. The van der Waals surface area contributed by atoms with Gasteiger partial charge in [-0.1, -0.05) is 18.2 Å². The highest BCUT2D eigenvalue weighted by atomic mass is 19.1. The van der Waals surface area contributed by atoms with Crippen LogP contribution in [0, 0.1) is 5.82 Å². The molecule has 0 aliphatic carbocycles. The molecule has 0 heterocycles. The molecule has 4 heteroatoms. The third-order valence-corrected chi connectivity index (χ3v) is 3.07. The molecule has 21 heavy (non-hydrogen) atoms. The molecule has 0 aliphatic heterocycles. The molecule has 2 aromatic carbocycles. The van der Waals surface area contributed by atoms with E-state index >= 15 is 0 Å². The van der Waals surface area contributed by atoms with E-state index in [1.165, 1.54) is 6.07 Å². The first-order chi connectivity index (χ1) is 9.97. The van der Waals surface area contributed by atoms with E-state index in [0.717, 1.165) is 17.5 Å². The van der Waals surface area contributed by atoms with Gasteiger partial charge < -0.3 is 15.2 Å². The highest BCUT2D eigenvalue weighted by molar-refractivity contribution is 5.57. The van der Waals surface area contributed by atoms with Crippen molar-refractivity contribution in [3.63, 3.8) is 0 Å². The Labute approximate surface area is 124 Å².